The van der Waals surface area contributed by atoms with Crippen LogP contribution in [0.15, 0.2) is 12.1 Å². The van der Waals surface area contributed by atoms with Crippen molar-refractivity contribution < 1.29 is 9.53 Å². The van der Waals surface area contributed by atoms with Crippen molar-refractivity contribution in [2.24, 2.45) is 0 Å². The fraction of sp³-hybridized carbons (Fsp3) is 0.583. The Hall–Kier alpha value is -0.870. The highest BCUT2D eigenvalue weighted by molar-refractivity contribution is 7.12. The zero-order valence-electron chi connectivity index (χ0n) is 9.66. The van der Waals surface area contributed by atoms with Gasteiger partial charge in [0.1, 0.15) is 5.92 Å². The molecule has 0 spiro atoms. The minimum atomic E-state index is -0.149. The summed E-state index contributed by atoms with van der Waals surface area (Å²) in [7, 11) is 1.45. The molecule has 1 fully saturated rings. The van der Waals surface area contributed by atoms with Crippen molar-refractivity contribution in [3.8, 4) is 0 Å². The third kappa shape index (κ3) is 2.83. The van der Waals surface area contributed by atoms with E-state index < -0.39 is 0 Å². The van der Waals surface area contributed by atoms with Crippen LogP contribution in [0.3, 0.4) is 0 Å². The van der Waals surface area contributed by atoms with Gasteiger partial charge in [-0.1, -0.05) is 0 Å². The number of rotatable bonds is 5. The summed E-state index contributed by atoms with van der Waals surface area (Å²) in [4.78, 5) is 14.0. The van der Waals surface area contributed by atoms with Gasteiger partial charge in [-0.05, 0) is 31.9 Å². The normalized spacial score (nSPS) is 17.1. The molecule has 0 bridgehead atoms. The Bertz CT molecular complexity index is 371. The molecule has 1 N–H and O–H groups in total. The number of hydrogen-bond donors (Lipinski definition) is 1. The van der Waals surface area contributed by atoms with Gasteiger partial charge >= 0.3 is 5.97 Å². The topological polar surface area (TPSA) is 38.3 Å². The monoisotopic (exact) mass is 239 g/mol. The lowest BCUT2D eigenvalue weighted by atomic mass is 10.1. The first-order valence-electron chi connectivity index (χ1n) is 5.58. The van der Waals surface area contributed by atoms with E-state index in [9.17, 15) is 4.79 Å². The van der Waals surface area contributed by atoms with Crippen molar-refractivity contribution in [2.45, 2.75) is 31.7 Å². The Kier molecular flexibility index (Phi) is 3.61. The van der Waals surface area contributed by atoms with E-state index in [1.54, 1.807) is 11.3 Å². The number of thiophene rings is 1. The van der Waals surface area contributed by atoms with E-state index in [1.165, 1.54) is 24.8 Å². The third-order valence-electron chi connectivity index (χ3n) is 2.78. The second kappa shape index (κ2) is 4.97. The Morgan fingerprint density at radius 2 is 2.38 bits per heavy atom. The van der Waals surface area contributed by atoms with E-state index in [0.29, 0.717) is 12.6 Å². The summed E-state index contributed by atoms with van der Waals surface area (Å²) >= 11 is 1.67. The molecule has 2 rings (SSSR count). The Morgan fingerprint density at radius 1 is 1.62 bits per heavy atom. The number of aryl methyl sites for hydroxylation is 1. The number of carbonyl (C=O) groups is 1. The van der Waals surface area contributed by atoms with E-state index >= 15 is 0 Å². The average Bonchev–Trinajstić information content (AvgIpc) is 3.01. The Morgan fingerprint density at radius 3 is 2.88 bits per heavy atom. The van der Waals surface area contributed by atoms with Gasteiger partial charge in [-0.15, -0.1) is 11.3 Å². The largest absolute Gasteiger partial charge is 0.468 e. The molecule has 1 aliphatic carbocycles. The SMILES string of the molecule is COC(=O)C(CNC1CC1)c1ccc(C)s1. The second-order valence-corrected chi connectivity index (χ2v) is 5.53. The molecule has 16 heavy (non-hydrogen) atoms. The number of ether oxygens (including phenoxy) is 1. The quantitative estimate of drug-likeness (QED) is 0.799. The first-order chi connectivity index (χ1) is 7.70. The van der Waals surface area contributed by atoms with Crippen molar-refractivity contribution in [2.75, 3.05) is 13.7 Å². The van der Waals surface area contributed by atoms with Gasteiger partial charge in [0, 0.05) is 22.3 Å². The molecule has 88 valence electrons. The highest BCUT2D eigenvalue weighted by Crippen LogP contribution is 2.26. The second-order valence-electron chi connectivity index (χ2n) is 4.21. The highest BCUT2D eigenvalue weighted by Gasteiger charge is 2.27. The van der Waals surface area contributed by atoms with Crippen LogP contribution in [-0.2, 0) is 9.53 Å². The number of esters is 1. The van der Waals surface area contributed by atoms with Crippen molar-refractivity contribution in [3.05, 3.63) is 21.9 Å². The molecule has 1 aromatic heterocycles. The lowest BCUT2D eigenvalue weighted by Gasteiger charge is -2.13. The van der Waals surface area contributed by atoms with Gasteiger partial charge < -0.3 is 10.1 Å². The smallest absolute Gasteiger partial charge is 0.315 e. The first kappa shape index (κ1) is 11.6. The Labute approximate surface area is 99.8 Å². The van der Waals surface area contributed by atoms with Crippen LogP contribution in [0.4, 0.5) is 0 Å². The van der Waals surface area contributed by atoms with E-state index in [0.717, 1.165) is 4.88 Å². The van der Waals surface area contributed by atoms with Gasteiger partial charge in [-0.3, -0.25) is 4.79 Å². The van der Waals surface area contributed by atoms with E-state index in [-0.39, 0.29) is 11.9 Å². The zero-order chi connectivity index (χ0) is 11.5. The fourth-order valence-electron chi connectivity index (χ4n) is 1.66. The van der Waals surface area contributed by atoms with Crippen LogP contribution >= 0.6 is 11.3 Å². The average molecular weight is 239 g/mol. The van der Waals surface area contributed by atoms with Gasteiger partial charge in [0.05, 0.1) is 7.11 Å². The summed E-state index contributed by atoms with van der Waals surface area (Å²) in [5.41, 5.74) is 0. The molecule has 0 radical (unpaired) electrons. The maximum atomic E-state index is 11.7. The molecular weight excluding hydrogens is 222 g/mol. The lowest BCUT2D eigenvalue weighted by molar-refractivity contribution is -0.142. The maximum Gasteiger partial charge on any atom is 0.315 e. The number of carbonyl (C=O) groups excluding carboxylic acids is 1. The minimum Gasteiger partial charge on any atom is -0.468 e. The summed E-state index contributed by atoms with van der Waals surface area (Å²) < 4.78 is 4.86. The molecule has 4 heteroatoms. The van der Waals surface area contributed by atoms with Crippen molar-refractivity contribution >= 4 is 17.3 Å². The summed E-state index contributed by atoms with van der Waals surface area (Å²) in [5, 5.41) is 3.39. The molecule has 1 aliphatic rings. The summed E-state index contributed by atoms with van der Waals surface area (Å²) in [6.45, 7) is 2.74. The molecule has 0 amide bonds. The van der Waals surface area contributed by atoms with Crippen molar-refractivity contribution in [1.29, 1.82) is 0 Å². The van der Waals surface area contributed by atoms with Crippen LogP contribution in [0.25, 0.3) is 0 Å². The summed E-state index contributed by atoms with van der Waals surface area (Å²) in [6.07, 6.45) is 2.47. The number of hydrogen-bond acceptors (Lipinski definition) is 4. The van der Waals surface area contributed by atoms with Crippen LogP contribution < -0.4 is 5.32 Å². The molecule has 0 saturated heterocycles. The van der Waals surface area contributed by atoms with Crippen molar-refractivity contribution in [1.82, 2.24) is 5.32 Å². The summed E-state index contributed by atoms with van der Waals surface area (Å²) in [6, 6.07) is 4.69. The Balaban J connectivity index is 2.03. The van der Waals surface area contributed by atoms with E-state index in [4.69, 9.17) is 4.74 Å². The molecule has 0 aromatic carbocycles. The molecule has 1 saturated carbocycles. The van der Waals surface area contributed by atoms with E-state index in [2.05, 4.69) is 12.2 Å². The van der Waals surface area contributed by atoms with E-state index in [1.807, 2.05) is 12.1 Å². The summed E-state index contributed by atoms with van der Waals surface area (Å²) in [5.74, 6) is -0.292. The van der Waals surface area contributed by atoms with Crippen molar-refractivity contribution in [3.63, 3.8) is 0 Å². The predicted molar refractivity (Wildman–Crippen MR) is 64.8 cm³/mol. The minimum absolute atomic E-state index is 0.144. The predicted octanol–water partition coefficient (Wildman–Crippen LogP) is 2.07. The zero-order valence-corrected chi connectivity index (χ0v) is 10.5. The van der Waals surface area contributed by atoms with Gasteiger partial charge in [0.15, 0.2) is 0 Å². The third-order valence-corrected chi connectivity index (χ3v) is 3.89. The molecular formula is C12H17NO2S. The van der Waals surface area contributed by atoms with Gasteiger partial charge in [-0.2, -0.15) is 0 Å². The van der Waals surface area contributed by atoms with Crippen LogP contribution in [0.2, 0.25) is 0 Å². The van der Waals surface area contributed by atoms with Gasteiger partial charge in [0.2, 0.25) is 0 Å². The molecule has 0 aliphatic heterocycles. The molecule has 1 unspecified atom stereocenters. The first-order valence-corrected chi connectivity index (χ1v) is 6.40. The molecule has 1 atom stereocenters. The van der Waals surface area contributed by atoms with Crippen LogP contribution in [0, 0.1) is 6.92 Å². The number of nitrogens with one attached hydrogen (secondary N) is 1. The molecule has 3 nitrogen and oxygen atoms in total. The number of methoxy groups -OCH3 is 1. The highest BCUT2D eigenvalue weighted by atomic mass is 32.1. The van der Waals surface area contributed by atoms with Crippen LogP contribution in [0.1, 0.15) is 28.5 Å². The van der Waals surface area contributed by atoms with Crippen LogP contribution in [0.5, 0.6) is 0 Å². The molecule has 1 heterocycles. The molecule has 1 aromatic rings. The standard InChI is InChI=1S/C12H17NO2S/c1-8-3-6-11(16-8)10(12(14)15-2)7-13-9-4-5-9/h3,6,9-10,13H,4-5,7H2,1-2H3. The maximum absolute atomic E-state index is 11.7. The van der Waals surface area contributed by atoms with Crippen LogP contribution in [-0.4, -0.2) is 25.7 Å². The fourth-order valence-corrected chi connectivity index (χ4v) is 2.62. The van der Waals surface area contributed by atoms with Gasteiger partial charge in [0.25, 0.3) is 0 Å². The van der Waals surface area contributed by atoms with Gasteiger partial charge in [-0.25, -0.2) is 0 Å². The lowest BCUT2D eigenvalue weighted by Crippen LogP contribution is -2.28.